The monoisotopic (exact) mass is 356 g/mol. The third kappa shape index (κ3) is 3.78. The predicted molar refractivity (Wildman–Crippen MR) is 100 cm³/mol. The van der Waals surface area contributed by atoms with Crippen molar-refractivity contribution in [3.8, 4) is 0 Å². The maximum atomic E-state index is 12.9. The number of hydrogen-bond donors (Lipinski definition) is 1. The molecule has 2 aromatic heterocycles. The second-order valence-corrected chi connectivity index (χ2v) is 6.75. The van der Waals surface area contributed by atoms with Gasteiger partial charge < -0.3 is 14.8 Å². The van der Waals surface area contributed by atoms with Crippen molar-refractivity contribution in [1.29, 1.82) is 0 Å². The third-order valence-electron chi connectivity index (χ3n) is 4.84. The predicted octanol–water partition coefficient (Wildman–Crippen LogP) is 1.88. The molecular weight excluding hydrogens is 332 g/mol. The zero-order valence-corrected chi connectivity index (χ0v) is 14.8. The molecule has 0 saturated carbocycles. The molecule has 4 heterocycles. The summed E-state index contributed by atoms with van der Waals surface area (Å²) in [4.78, 5) is 22.0. The number of nitrogens with zero attached hydrogens (tertiary/aromatic N) is 3. The van der Waals surface area contributed by atoms with E-state index in [0.29, 0.717) is 30.1 Å². The summed E-state index contributed by atoms with van der Waals surface area (Å²) in [5, 5.41) is 3.29. The Labute approximate surface area is 152 Å². The molecular formula is C19H24N4O3. The van der Waals surface area contributed by atoms with Crippen molar-refractivity contribution < 1.29 is 9.47 Å². The molecule has 2 aromatic rings. The largest absolute Gasteiger partial charge is 0.376 e. The van der Waals surface area contributed by atoms with Crippen molar-refractivity contribution in [2.24, 2.45) is 4.99 Å². The first-order valence-corrected chi connectivity index (χ1v) is 9.29. The summed E-state index contributed by atoms with van der Waals surface area (Å²) in [5.41, 5.74) is 0.967. The van der Waals surface area contributed by atoms with E-state index >= 15 is 0 Å². The van der Waals surface area contributed by atoms with Crippen LogP contribution in [0.4, 0.5) is 5.82 Å². The van der Waals surface area contributed by atoms with E-state index in [1.165, 1.54) is 0 Å². The number of aliphatic imine (C=N–C) groups is 1. The van der Waals surface area contributed by atoms with Gasteiger partial charge in [-0.1, -0.05) is 6.07 Å². The molecule has 7 heteroatoms. The molecule has 26 heavy (non-hydrogen) atoms. The minimum absolute atomic E-state index is 0.124. The molecule has 0 bridgehead atoms. The standard InChI is InChI=1S/C19H24N4O3/c24-19-16(13-20-11-14-5-3-9-25-14)18(21-12-15-6-4-10-26-15)22-17-7-1-2-8-23(17)19/h1-2,7-8,13-15,21H,3-6,9-12H2/t14-,15-/m1/s1. The number of hydrogen-bond acceptors (Lipinski definition) is 6. The molecule has 1 N–H and O–H groups in total. The fourth-order valence-corrected chi connectivity index (χ4v) is 3.42. The van der Waals surface area contributed by atoms with Crippen LogP contribution in [-0.2, 0) is 9.47 Å². The van der Waals surface area contributed by atoms with Crippen LogP contribution in [0.5, 0.6) is 0 Å². The van der Waals surface area contributed by atoms with Crippen LogP contribution in [0.2, 0.25) is 0 Å². The number of aromatic nitrogens is 2. The molecule has 2 aliphatic rings. The zero-order valence-electron chi connectivity index (χ0n) is 14.8. The zero-order chi connectivity index (χ0) is 17.8. The highest BCUT2D eigenvalue weighted by atomic mass is 16.5. The number of rotatable bonds is 6. The first-order valence-electron chi connectivity index (χ1n) is 9.29. The summed E-state index contributed by atoms with van der Waals surface area (Å²) in [6.45, 7) is 2.81. The van der Waals surface area contributed by atoms with Crippen LogP contribution in [-0.4, -0.2) is 54.1 Å². The second kappa shape index (κ2) is 7.97. The van der Waals surface area contributed by atoms with E-state index in [4.69, 9.17) is 9.47 Å². The fourth-order valence-electron chi connectivity index (χ4n) is 3.42. The molecule has 0 spiro atoms. The van der Waals surface area contributed by atoms with Crippen LogP contribution in [0.25, 0.3) is 5.65 Å². The van der Waals surface area contributed by atoms with E-state index in [9.17, 15) is 4.79 Å². The Hall–Kier alpha value is -2.25. The number of pyridine rings is 1. The molecule has 138 valence electrons. The molecule has 2 aliphatic heterocycles. The Kier molecular flexibility index (Phi) is 5.26. The van der Waals surface area contributed by atoms with E-state index in [1.54, 1.807) is 16.8 Å². The Morgan fingerprint density at radius 3 is 2.81 bits per heavy atom. The van der Waals surface area contributed by atoms with Gasteiger partial charge in [0.25, 0.3) is 5.56 Å². The van der Waals surface area contributed by atoms with E-state index in [2.05, 4.69) is 15.3 Å². The van der Waals surface area contributed by atoms with E-state index in [0.717, 1.165) is 38.9 Å². The molecule has 0 aliphatic carbocycles. The Morgan fingerprint density at radius 2 is 2.04 bits per heavy atom. The van der Waals surface area contributed by atoms with Crippen molar-refractivity contribution in [2.45, 2.75) is 37.9 Å². The van der Waals surface area contributed by atoms with Gasteiger partial charge in [-0.2, -0.15) is 0 Å². The Morgan fingerprint density at radius 1 is 1.23 bits per heavy atom. The van der Waals surface area contributed by atoms with E-state index < -0.39 is 0 Å². The first-order chi connectivity index (χ1) is 12.8. The van der Waals surface area contributed by atoms with Gasteiger partial charge in [0.1, 0.15) is 17.0 Å². The third-order valence-corrected chi connectivity index (χ3v) is 4.84. The topological polar surface area (TPSA) is 77.2 Å². The van der Waals surface area contributed by atoms with Crippen molar-refractivity contribution in [3.63, 3.8) is 0 Å². The average Bonchev–Trinajstić information content (AvgIpc) is 3.36. The highest BCUT2D eigenvalue weighted by Gasteiger charge is 2.18. The second-order valence-electron chi connectivity index (χ2n) is 6.75. The normalized spacial score (nSPS) is 23.2. The van der Waals surface area contributed by atoms with Gasteiger partial charge in [0.2, 0.25) is 0 Å². The quantitative estimate of drug-likeness (QED) is 0.800. The minimum atomic E-state index is -0.124. The molecule has 2 fully saturated rings. The lowest BCUT2D eigenvalue weighted by Gasteiger charge is -2.14. The highest BCUT2D eigenvalue weighted by molar-refractivity contribution is 5.86. The molecule has 0 aromatic carbocycles. The van der Waals surface area contributed by atoms with Gasteiger partial charge in [0, 0.05) is 32.2 Å². The maximum absolute atomic E-state index is 12.9. The molecule has 4 rings (SSSR count). The molecule has 2 saturated heterocycles. The van der Waals surface area contributed by atoms with Crippen LogP contribution in [0.3, 0.4) is 0 Å². The lowest BCUT2D eigenvalue weighted by atomic mass is 10.2. The van der Waals surface area contributed by atoms with Gasteiger partial charge in [-0.15, -0.1) is 0 Å². The fraction of sp³-hybridized carbons (Fsp3) is 0.526. The van der Waals surface area contributed by atoms with Gasteiger partial charge in [0.05, 0.1) is 18.8 Å². The van der Waals surface area contributed by atoms with E-state index in [-0.39, 0.29) is 17.8 Å². The molecule has 0 radical (unpaired) electrons. The Bertz CT molecular complexity index is 836. The highest BCUT2D eigenvalue weighted by Crippen LogP contribution is 2.15. The first kappa shape index (κ1) is 17.2. The summed E-state index contributed by atoms with van der Waals surface area (Å²) in [6.07, 6.45) is 7.90. The van der Waals surface area contributed by atoms with Gasteiger partial charge in [0.15, 0.2) is 0 Å². The number of anilines is 1. The van der Waals surface area contributed by atoms with Gasteiger partial charge in [-0.05, 0) is 37.8 Å². The number of nitrogens with one attached hydrogen (secondary N) is 1. The number of ether oxygens (including phenoxy) is 2. The lowest BCUT2D eigenvalue weighted by Crippen LogP contribution is -2.25. The SMILES string of the molecule is O=c1c(C=NC[C@H]2CCCO2)c(NC[C@H]2CCCO2)nc2ccccn12. The summed E-state index contributed by atoms with van der Waals surface area (Å²) in [6, 6.07) is 5.52. The number of fused-ring (bicyclic) bond motifs is 1. The maximum Gasteiger partial charge on any atom is 0.268 e. The smallest absolute Gasteiger partial charge is 0.268 e. The summed E-state index contributed by atoms with van der Waals surface area (Å²) < 4.78 is 12.8. The van der Waals surface area contributed by atoms with Crippen molar-refractivity contribution in [1.82, 2.24) is 9.38 Å². The van der Waals surface area contributed by atoms with Crippen molar-refractivity contribution in [2.75, 3.05) is 31.6 Å². The lowest BCUT2D eigenvalue weighted by molar-refractivity contribution is 0.118. The van der Waals surface area contributed by atoms with Crippen LogP contribution < -0.4 is 10.9 Å². The summed E-state index contributed by atoms with van der Waals surface area (Å²) in [5.74, 6) is 0.563. The van der Waals surface area contributed by atoms with Crippen LogP contribution >= 0.6 is 0 Å². The van der Waals surface area contributed by atoms with Gasteiger partial charge in [-0.25, -0.2) is 4.98 Å². The molecule has 0 amide bonds. The minimum Gasteiger partial charge on any atom is -0.376 e. The van der Waals surface area contributed by atoms with Crippen molar-refractivity contribution in [3.05, 3.63) is 40.3 Å². The van der Waals surface area contributed by atoms with Crippen molar-refractivity contribution >= 4 is 17.7 Å². The van der Waals surface area contributed by atoms with Crippen LogP contribution in [0.1, 0.15) is 31.2 Å². The molecule has 7 nitrogen and oxygen atoms in total. The molecule has 0 unspecified atom stereocenters. The molecule has 2 atom stereocenters. The Balaban J connectivity index is 1.60. The van der Waals surface area contributed by atoms with Gasteiger partial charge in [-0.3, -0.25) is 14.2 Å². The average molecular weight is 356 g/mol. The summed E-state index contributed by atoms with van der Waals surface area (Å²) >= 11 is 0. The summed E-state index contributed by atoms with van der Waals surface area (Å²) in [7, 11) is 0. The van der Waals surface area contributed by atoms with Gasteiger partial charge >= 0.3 is 0 Å². The van der Waals surface area contributed by atoms with Crippen LogP contribution in [0.15, 0.2) is 34.2 Å². The van der Waals surface area contributed by atoms with E-state index in [1.807, 2.05) is 18.2 Å². The van der Waals surface area contributed by atoms with Crippen LogP contribution in [0, 0.1) is 0 Å².